The van der Waals surface area contributed by atoms with E-state index in [2.05, 4.69) is 20.4 Å². The molecule has 0 atom stereocenters. The van der Waals surface area contributed by atoms with E-state index in [9.17, 15) is 14.0 Å². The average Bonchev–Trinajstić information content (AvgIpc) is 3.24. The molecule has 2 aromatic rings. The van der Waals surface area contributed by atoms with Gasteiger partial charge in [0.2, 0.25) is 0 Å². The molecule has 2 N–H and O–H groups in total. The molecule has 0 aliphatic carbocycles. The van der Waals surface area contributed by atoms with Crippen LogP contribution in [0.3, 0.4) is 0 Å². The number of hydrogen-bond acceptors (Lipinski definition) is 5. The van der Waals surface area contributed by atoms with Gasteiger partial charge >= 0.3 is 11.8 Å². The van der Waals surface area contributed by atoms with Crippen molar-refractivity contribution in [3.05, 3.63) is 52.5 Å². The van der Waals surface area contributed by atoms with Crippen molar-refractivity contribution >= 4 is 28.8 Å². The maximum absolute atomic E-state index is 13.9. The molecule has 6 nitrogen and oxygen atoms in total. The number of carbonyl (C=O) groups excluding carboxylic acids is 2. The van der Waals surface area contributed by atoms with Gasteiger partial charge < -0.3 is 15.5 Å². The van der Waals surface area contributed by atoms with Crippen LogP contribution < -0.4 is 15.5 Å². The van der Waals surface area contributed by atoms with Gasteiger partial charge in [-0.2, -0.15) is 0 Å². The fourth-order valence-corrected chi connectivity index (χ4v) is 3.81. The summed E-state index contributed by atoms with van der Waals surface area (Å²) in [4.78, 5) is 28.9. The molecule has 1 aliphatic rings. The smallest absolute Gasteiger partial charge is 0.309 e. The van der Waals surface area contributed by atoms with Crippen LogP contribution >= 0.6 is 11.3 Å². The predicted molar refractivity (Wildman–Crippen MR) is 109 cm³/mol. The zero-order chi connectivity index (χ0) is 19.8. The van der Waals surface area contributed by atoms with Crippen LogP contribution in [-0.4, -0.2) is 56.0 Å². The zero-order valence-electron chi connectivity index (χ0n) is 15.7. The third-order valence-corrected chi connectivity index (χ3v) is 5.59. The first-order valence-electron chi connectivity index (χ1n) is 9.44. The van der Waals surface area contributed by atoms with E-state index in [1.165, 1.54) is 17.4 Å². The van der Waals surface area contributed by atoms with Crippen LogP contribution in [0.2, 0.25) is 0 Å². The quantitative estimate of drug-likeness (QED) is 0.546. The normalized spacial score (nSPS) is 14.7. The molecule has 8 heteroatoms. The van der Waals surface area contributed by atoms with Gasteiger partial charge in [-0.05, 0) is 36.5 Å². The molecule has 0 unspecified atom stereocenters. The molecule has 2 amide bonds. The lowest BCUT2D eigenvalue weighted by molar-refractivity contribution is -0.139. The lowest BCUT2D eigenvalue weighted by Gasteiger charge is -2.36. The minimum absolute atomic E-state index is 0.184. The molecule has 2 heterocycles. The second-order valence-electron chi connectivity index (χ2n) is 6.65. The van der Waals surface area contributed by atoms with E-state index in [1.54, 1.807) is 6.07 Å². The van der Waals surface area contributed by atoms with E-state index in [1.807, 2.05) is 29.6 Å². The average molecular weight is 405 g/mol. The maximum atomic E-state index is 13.9. The topological polar surface area (TPSA) is 64.7 Å². The van der Waals surface area contributed by atoms with Crippen molar-refractivity contribution < 1.29 is 14.0 Å². The summed E-state index contributed by atoms with van der Waals surface area (Å²) >= 11 is 1.54. The number of halogens is 1. The molecule has 1 aromatic heterocycles. The Bertz CT molecular complexity index is 776. The first kappa shape index (κ1) is 20.3. The van der Waals surface area contributed by atoms with Crippen molar-refractivity contribution in [3.8, 4) is 0 Å². The molecule has 3 rings (SSSR count). The Morgan fingerprint density at radius 1 is 1.00 bits per heavy atom. The van der Waals surface area contributed by atoms with E-state index in [-0.39, 0.29) is 5.82 Å². The van der Waals surface area contributed by atoms with E-state index in [0.717, 1.165) is 44.0 Å². The van der Waals surface area contributed by atoms with Crippen molar-refractivity contribution in [1.82, 2.24) is 15.5 Å². The Morgan fingerprint density at radius 2 is 1.75 bits per heavy atom. The second-order valence-corrected chi connectivity index (χ2v) is 7.68. The summed E-state index contributed by atoms with van der Waals surface area (Å²) in [5, 5.41) is 7.20. The molecule has 0 bridgehead atoms. The highest BCUT2D eigenvalue weighted by Gasteiger charge is 2.19. The first-order chi connectivity index (χ1) is 13.6. The first-order valence-corrected chi connectivity index (χ1v) is 10.3. The van der Waals surface area contributed by atoms with Gasteiger partial charge in [-0.15, -0.1) is 11.3 Å². The Kier molecular flexibility index (Phi) is 7.39. The molecule has 0 saturated carbocycles. The van der Waals surface area contributed by atoms with Gasteiger partial charge in [0.1, 0.15) is 5.82 Å². The summed E-state index contributed by atoms with van der Waals surface area (Å²) in [7, 11) is 0. The van der Waals surface area contributed by atoms with Crippen LogP contribution in [0.1, 0.15) is 11.3 Å². The summed E-state index contributed by atoms with van der Waals surface area (Å²) in [6, 6.07) is 10.7. The van der Waals surface area contributed by atoms with Crippen molar-refractivity contribution in [2.75, 3.05) is 44.2 Å². The van der Waals surface area contributed by atoms with Crippen LogP contribution in [0.15, 0.2) is 41.8 Å². The van der Waals surface area contributed by atoms with Crippen molar-refractivity contribution in [1.29, 1.82) is 0 Å². The minimum atomic E-state index is -0.605. The Balaban J connectivity index is 1.29. The minimum Gasteiger partial charge on any atom is -0.367 e. The fourth-order valence-electron chi connectivity index (χ4n) is 3.17. The number of anilines is 1. The number of nitrogens with zero attached hydrogens (tertiary/aromatic N) is 2. The number of amides is 2. The van der Waals surface area contributed by atoms with E-state index >= 15 is 0 Å². The molecule has 28 heavy (non-hydrogen) atoms. The number of para-hydroxylation sites is 1. The molecule has 0 radical (unpaired) electrons. The highest BCUT2D eigenvalue weighted by Crippen LogP contribution is 2.20. The molecule has 1 aromatic carbocycles. The van der Waals surface area contributed by atoms with Gasteiger partial charge in [-0.25, -0.2) is 4.39 Å². The standard InChI is InChI=1S/C20H25FN4O2S/c21-17-6-1-2-7-18(17)25-12-10-24(11-13-25)9-4-8-22-19(26)20(27)23-15-16-5-3-14-28-16/h1-3,5-7,14H,4,8-13,15H2,(H,22,26)(H,23,27). The molecular weight excluding hydrogens is 379 g/mol. The lowest BCUT2D eigenvalue weighted by atomic mass is 10.2. The highest BCUT2D eigenvalue weighted by molar-refractivity contribution is 7.09. The van der Waals surface area contributed by atoms with Crippen molar-refractivity contribution in [3.63, 3.8) is 0 Å². The van der Waals surface area contributed by atoms with Gasteiger partial charge in [0.15, 0.2) is 0 Å². The van der Waals surface area contributed by atoms with E-state index in [4.69, 9.17) is 0 Å². The van der Waals surface area contributed by atoms with Crippen LogP contribution in [0, 0.1) is 5.82 Å². The highest BCUT2D eigenvalue weighted by atomic mass is 32.1. The Hall–Kier alpha value is -2.45. The van der Waals surface area contributed by atoms with Gasteiger partial charge in [-0.3, -0.25) is 14.5 Å². The summed E-state index contributed by atoms with van der Waals surface area (Å²) < 4.78 is 13.9. The molecule has 150 valence electrons. The van der Waals surface area contributed by atoms with Gasteiger partial charge in [0.05, 0.1) is 12.2 Å². The summed E-state index contributed by atoms with van der Waals surface area (Å²) in [6.45, 7) is 4.92. The predicted octanol–water partition coefficient (Wildman–Crippen LogP) is 1.83. The monoisotopic (exact) mass is 404 g/mol. The number of carbonyl (C=O) groups is 2. The Morgan fingerprint density at radius 3 is 2.46 bits per heavy atom. The van der Waals surface area contributed by atoms with Crippen LogP contribution in [0.5, 0.6) is 0 Å². The Labute approximate surface area is 168 Å². The van der Waals surface area contributed by atoms with Crippen LogP contribution in [0.25, 0.3) is 0 Å². The number of thiophene rings is 1. The molecule has 1 aliphatic heterocycles. The number of rotatable bonds is 7. The third kappa shape index (κ3) is 5.77. The second kappa shape index (κ2) is 10.2. The summed E-state index contributed by atoms with van der Waals surface area (Å²) in [5.41, 5.74) is 0.656. The van der Waals surface area contributed by atoms with E-state index < -0.39 is 11.8 Å². The summed E-state index contributed by atoms with van der Waals surface area (Å²) in [6.07, 6.45) is 0.768. The molecular formula is C20H25FN4O2S. The maximum Gasteiger partial charge on any atom is 0.309 e. The lowest BCUT2D eigenvalue weighted by Crippen LogP contribution is -2.47. The number of hydrogen-bond donors (Lipinski definition) is 2. The largest absolute Gasteiger partial charge is 0.367 e. The van der Waals surface area contributed by atoms with Crippen LogP contribution in [-0.2, 0) is 16.1 Å². The SMILES string of the molecule is O=C(NCCCN1CCN(c2ccccc2F)CC1)C(=O)NCc1cccs1. The molecule has 1 saturated heterocycles. The number of benzene rings is 1. The van der Waals surface area contributed by atoms with Crippen molar-refractivity contribution in [2.24, 2.45) is 0 Å². The zero-order valence-corrected chi connectivity index (χ0v) is 16.5. The van der Waals surface area contributed by atoms with Gasteiger partial charge in [0, 0.05) is 37.6 Å². The number of nitrogens with one attached hydrogen (secondary N) is 2. The third-order valence-electron chi connectivity index (χ3n) is 4.71. The number of piperazine rings is 1. The molecule has 1 fully saturated rings. The molecule has 0 spiro atoms. The van der Waals surface area contributed by atoms with Gasteiger partial charge in [-0.1, -0.05) is 18.2 Å². The van der Waals surface area contributed by atoms with Gasteiger partial charge in [0.25, 0.3) is 0 Å². The summed E-state index contributed by atoms with van der Waals surface area (Å²) in [5.74, 6) is -1.39. The van der Waals surface area contributed by atoms with Crippen molar-refractivity contribution in [2.45, 2.75) is 13.0 Å². The van der Waals surface area contributed by atoms with Crippen LogP contribution in [0.4, 0.5) is 10.1 Å². The fraction of sp³-hybridized carbons (Fsp3) is 0.400. The van der Waals surface area contributed by atoms with E-state index in [0.29, 0.717) is 18.8 Å².